The number of guanidine groups is 1. The van der Waals surface area contributed by atoms with Gasteiger partial charge in [-0.05, 0) is 30.0 Å². The van der Waals surface area contributed by atoms with Gasteiger partial charge in [0.25, 0.3) is 0 Å². The number of carbonyl (C=O) groups excluding carboxylic acids is 1. The number of nitrogens with two attached hydrogens (primary N) is 1. The van der Waals surface area contributed by atoms with Gasteiger partial charge in [-0.2, -0.15) is 0 Å². The monoisotopic (exact) mass is 416 g/mol. The topological polar surface area (TPSA) is 70.7 Å². The molecule has 1 saturated heterocycles. The van der Waals surface area contributed by atoms with Crippen LogP contribution in [0.1, 0.15) is 32.3 Å². The second-order valence-corrected chi connectivity index (χ2v) is 5.79. The zero-order valence-corrected chi connectivity index (χ0v) is 15.5. The highest BCUT2D eigenvalue weighted by Crippen LogP contribution is 2.21. The fourth-order valence-corrected chi connectivity index (χ4v) is 2.24. The largest absolute Gasteiger partial charge is 0.370 e. The van der Waals surface area contributed by atoms with Crippen LogP contribution in [0.2, 0.25) is 0 Å². The average Bonchev–Trinajstić information content (AvgIpc) is 2.89. The Morgan fingerprint density at radius 3 is 2.59 bits per heavy atom. The molecule has 1 amide bonds. The summed E-state index contributed by atoms with van der Waals surface area (Å²) in [5, 5.41) is 3.09. The molecule has 1 aromatic rings. The van der Waals surface area contributed by atoms with Crippen molar-refractivity contribution in [2.75, 3.05) is 18.0 Å². The summed E-state index contributed by atoms with van der Waals surface area (Å²) in [6, 6.07) is 7.96. The number of anilines is 1. The van der Waals surface area contributed by atoms with Crippen molar-refractivity contribution in [3.05, 3.63) is 29.8 Å². The maximum absolute atomic E-state index is 11.7. The Hall–Kier alpha value is -1.31. The SMILES string of the molecule is CC(C)CNC(N)=NCc1ccc(N2CCCC2=O)cc1.I. The van der Waals surface area contributed by atoms with Gasteiger partial charge in [0.1, 0.15) is 0 Å². The zero-order chi connectivity index (χ0) is 15.2. The number of nitrogens with zero attached hydrogens (tertiary/aromatic N) is 2. The van der Waals surface area contributed by atoms with Crippen molar-refractivity contribution in [3.63, 3.8) is 0 Å². The van der Waals surface area contributed by atoms with Crippen molar-refractivity contribution in [2.24, 2.45) is 16.6 Å². The molecule has 6 heteroatoms. The molecule has 0 radical (unpaired) electrons. The summed E-state index contributed by atoms with van der Waals surface area (Å²) in [4.78, 5) is 17.8. The molecule has 22 heavy (non-hydrogen) atoms. The third-order valence-electron chi connectivity index (χ3n) is 3.44. The molecule has 1 aromatic carbocycles. The van der Waals surface area contributed by atoms with Gasteiger partial charge >= 0.3 is 0 Å². The lowest BCUT2D eigenvalue weighted by Gasteiger charge is -2.15. The van der Waals surface area contributed by atoms with E-state index in [1.807, 2.05) is 29.2 Å². The molecule has 3 N–H and O–H groups in total. The van der Waals surface area contributed by atoms with E-state index in [1.54, 1.807) is 0 Å². The van der Waals surface area contributed by atoms with Crippen molar-refractivity contribution in [1.29, 1.82) is 0 Å². The Balaban J connectivity index is 0.00000242. The number of nitrogens with one attached hydrogen (secondary N) is 1. The van der Waals surface area contributed by atoms with Crippen LogP contribution >= 0.6 is 24.0 Å². The molecule has 0 atom stereocenters. The molecule has 1 fully saturated rings. The van der Waals surface area contributed by atoms with Gasteiger partial charge in [0.15, 0.2) is 5.96 Å². The Labute approximate surface area is 149 Å². The van der Waals surface area contributed by atoms with Gasteiger partial charge in [-0.3, -0.25) is 4.79 Å². The van der Waals surface area contributed by atoms with Gasteiger partial charge < -0.3 is 16.0 Å². The van der Waals surface area contributed by atoms with E-state index >= 15 is 0 Å². The Kier molecular flexibility index (Phi) is 7.64. The van der Waals surface area contributed by atoms with Crippen molar-refractivity contribution in [3.8, 4) is 0 Å². The first kappa shape index (κ1) is 18.7. The van der Waals surface area contributed by atoms with E-state index in [1.165, 1.54) is 0 Å². The summed E-state index contributed by atoms with van der Waals surface area (Å²) >= 11 is 0. The highest BCUT2D eigenvalue weighted by Gasteiger charge is 2.21. The number of benzene rings is 1. The normalized spacial score (nSPS) is 15.1. The minimum atomic E-state index is 0. The summed E-state index contributed by atoms with van der Waals surface area (Å²) in [6.45, 7) is 6.44. The summed E-state index contributed by atoms with van der Waals surface area (Å²) in [5.74, 6) is 1.22. The molecule has 2 rings (SSSR count). The van der Waals surface area contributed by atoms with Crippen LogP contribution in [0.15, 0.2) is 29.3 Å². The zero-order valence-electron chi connectivity index (χ0n) is 13.2. The van der Waals surface area contributed by atoms with Gasteiger partial charge in [-0.25, -0.2) is 4.99 Å². The van der Waals surface area contributed by atoms with E-state index in [9.17, 15) is 4.79 Å². The third-order valence-corrected chi connectivity index (χ3v) is 3.44. The maximum Gasteiger partial charge on any atom is 0.227 e. The number of aliphatic imine (C=N–C) groups is 1. The van der Waals surface area contributed by atoms with E-state index < -0.39 is 0 Å². The van der Waals surface area contributed by atoms with Crippen LogP contribution in [0.4, 0.5) is 5.69 Å². The summed E-state index contributed by atoms with van der Waals surface area (Å²) in [6.07, 6.45) is 1.60. The first-order chi connectivity index (χ1) is 10.1. The van der Waals surface area contributed by atoms with Gasteiger partial charge in [0.05, 0.1) is 6.54 Å². The van der Waals surface area contributed by atoms with Crippen molar-refractivity contribution in [2.45, 2.75) is 33.2 Å². The summed E-state index contributed by atoms with van der Waals surface area (Å²) in [7, 11) is 0. The molecule has 0 aromatic heterocycles. The molecular formula is C16H25IN4O. The van der Waals surface area contributed by atoms with E-state index in [0.717, 1.165) is 30.8 Å². The predicted molar refractivity (Wildman–Crippen MR) is 102 cm³/mol. The summed E-state index contributed by atoms with van der Waals surface area (Å²) < 4.78 is 0. The quantitative estimate of drug-likeness (QED) is 0.440. The highest BCUT2D eigenvalue weighted by atomic mass is 127. The lowest BCUT2D eigenvalue weighted by atomic mass is 10.2. The van der Waals surface area contributed by atoms with Crippen LogP contribution in [0.25, 0.3) is 0 Å². The molecule has 1 aliphatic rings. The molecule has 122 valence electrons. The first-order valence-corrected chi connectivity index (χ1v) is 7.49. The number of hydrogen-bond acceptors (Lipinski definition) is 2. The summed E-state index contributed by atoms with van der Waals surface area (Å²) in [5.41, 5.74) is 7.86. The van der Waals surface area contributed by atoms with E-state index in [0.29, 0.717) is 24.8 Å². The maximum atomic E-state index is 11.7. The van der Waals surface area contributed by atoms with Gasteiger partial charge in [0, 0.05) is 25.2 Å². The predicted octanol–water partition coefficient (Wildman–Crippen LogP) is 2.49. The Bertz CT molecular complexity index is 513. The van der Waals surface area contributed by atoms with Crippen LogP contribution in [0.3, 0.4) is 0 Å². The molecule has 1 aliphatic heterocycles. The Morgan fingerprint density at radius 2 is 2.05 bits per heavy atom. The molecular weight excluding hydrogens is 391 g/mol. The second kappa shape index (κ2) is 8.97. The number of amides is 1. The molecule has 0 saturated carbocycles. The van der Waals surface area contributed by atoms with Crippen LogP contribution < -0.4 is 16.0 Å². The molecule has 0 bridgehead atoms. The van der Waals surface area contributed by atoms with Crippen LogP contribution in [-0.2, 0) is 11.3 Å². The van der Waals surface area contributed by atoms with Crippen molar-refractivity contribution in [1.82, 2.24) is 5.32 Å². The molecule has 5 nitrogen and oxygen atoms in total. The number of carbonyl (C=O) groups is 1. The van der Waals surface area contributed by atoms with Crippen LogP contribution in [0.5, 0.6) is 0 Å². The molecule has 0 aliphatic carbocycles. The number of halogens is 1. The number of hydrogen-bond donors (Lipinski definition) is 2. The van der Waals surface area contributed by atoms with E-state index in [2.05, 4.69) is 24.2 Å². The molecule has 0 unspecified atom stereocenters. The van der Waals surface area contributed by atoms with Crippen molar-refractivity contribution < 1.29 is 4.79 Å². The minimum absolute atomic E-state index is 0. The highest BCUT2D eigenvalue weighted by molar-refractivity contribution is 14.0. The molecule has 1 heterocycles. The lowest BCUT2D eigenvalue weighted by molar-refractivity contribution is -0.117. The average molecular weight is 416 g/mol. The van der Waals surface area contributed by atoms with Gasteiger partial charge in [-0.1, -0.05) is 26.0 Å². The van der Waals surface area contributed by atoms with Gasteiger partial charge in [0.2, 0.25) is 5.91 Å². The standard InChI is InChI=1S/C16H24N4O.HI/c1-12(2)10-18-16(17)19-11-13-5-7-14(8-6-13)20-9-3-4-15(20)21;/h5-8,12H,3-4,9-11H2,1-2H3,(H3,17,18,19);1H. The van der Waals surface area contributed by atoms with Crippen LogP contribution in [-0.4, -0.2) is 25.0 Å². The minimum Gasteiger partial charge on any atom is -0.370 e. The number of rotatable bonds is 5. The lowest BCUT2D eigenvalue weighted by Crippen LogP contribution is -2.34. The third kappa shape index (κ3) is 5.47. The molecule has 0 spiro atoms. The smallest absolute Gasteiger partial charge is 0.227 e. The first-order valence-electron chi connectivity index (χ1n) is 7.49. The second-order valence-electron chi connectivity index (χ2n) is 5.79. The van der Waals surface area contributed by atoms with E-state index in [-0.39, 0.29) is 29.9 Å². The van der Waals surface area contributed by atoms with Gasteiger partial charge in [-0.15, -0.1) is 24.0 Å². The fourth-order valence-electron chi connectivity index (χ4n) is 2.24. The fraction of sp³-hybridized carbons (Fsp3) is 0.500. The van der Waals surface area contributed by atoms with E-state index in [4.69, 9.17) is 5.73 Å². The van der Waals surface area contributed by atoms with Crippen molar-refractivity contribution >= 4 is 41.5 Å². The van der Waals surface area contributed by atoms with Crippen LogP contribution in [0, 0.1) is 5.92 Å². The Morgan fingerprint density at radius 1 is 1.36 bits per heavy atom.